The molecule has 0 atom stereocenters. The second kappa shape index (κ2) is 7.50. The van der Waals surface area contributed by atoms with Gasteiger partial charge in [-0.3, -0.25) is 4.79 Å². The molecule has 2 rings (SSSR count). The molecule has 0 radical (unpaired) electrons. The minimum absolute atomic E-state index is 0.145. The maximum Gasteiger partial charge on any atom is 0.416 e. The summed E-state index contributed by atoms with van der Waals surface area (Å²) in [5.74, 6) is -0.452. The predicted molar refractivity (Wildman–Crippen MR) is 80.4 cm³/mol. The topological polar surface area (TPSA) is 29.1 Å². The van der Waals surface area contributed by atoms with Crippen molar-refractivity contribution in [1.82, 2.24) is 5.32 Å². The SMILES string of the molecule is O=C(CSc1ccc(F)cc1)NCc1ccc(C(F)(F)F)cc1. The van der Waals surface area contributed by atoms with Crippen LogP contribution in [0.1, 0.15) is 11.1 Å². The molecule has 2 aromatic carbocycles. The third kappa shape index (κ3) is 5.59. The van der Waals surface area contributed by atoms with Gasteiger partial charge in [0.15, 0.2) is 0 Å². The lowest BCUT2D eigenvalue weighted by Crippen LogP contribution is -2.24. The van der Waals surface area contributed by atoms with Crippen molar-refractivity contribution in [2.75, 3.05) is 5.75 Å². The molecular weight excluding hydrogens is 330 g/mol. The fraction of sp³-hybridized carbons (Fsp3) is 0.188. The molecule has 0 heterocycles. The number of amides is 1. The van der Waals surface area contributed by atoms with E-state index in [2.05, 4.69) is 5.32 Å². The summed E-state index contributed by atoms with van der Waals surface area (Å²) < 4.78 is 50.0. The Morgan fingerprint density at radius 3 is 2.17 bits per heavy atom. The van der Waals surface area contributed by atoms with Gasteiger partial charge in [-0.05, 0) is 42.0 Å². The summed E-state index contributed by atoms with van der Waals surface area (Å²) in [6.07, 6.45) is -4.37. The summed E-state index contributed by atoms with van der Waals surface area (Å²) in [4.78, 5) is 12.5. The zero-order chi connectivity index (χ0) is 16.9. The average Bonchev–Trinajstić information content (AvgIpc) is 2.52. The number of nitrogens with one attached hydrogen (secondary N) is 1. The van der Waals surface area contributed by atoms with Crippen LogP contribution in [0.3, 0.4) is 0 Å². The van der Waals surface area contributed by atoms with Crippen molar-refractivity contribution < 1.29 is 22.4 Å². The molecule has 0 saturated carbocycles. The van der Waals surface area contributed by atoms with E-state index in [4.69, 9.17) is 0 Å². The first-order valence-electron chi connectivity index (χ1n) is 6.66. The van der Waals surface area contributed by atoms with E-state index in [1.54, 1.807) is 12.1 Å². The molecule has 0 saturated heterocycles. The van der Waals surface area contributed by atoms with Gasteiger partial charge >= 0.3 is 6.18 Å². The molecule has 7 heteroatoms. The molecule has 0 aromatic heterocycles. The predicted octanol–water partition coefficient (Wildman–Crippen LogP) is 4.25. The summed E-state index contributed by atoms with van der Waals surface area (Å²) in [7, 11) is 0. The first-order valence-corrected chi connectivity index (χ1v) is 7.64. The number of hydrogen-bond donors (Lipinski definition) is 1. The van der Waals surface area contributed by atoms with Gasteiger partial charge < -0.3 is 5.32 Å². The second-order valence-corrected chi connectivity index (χ2v) is 5.76. The minimum Gasteiger partial charge on any atom is -0.351 e. The van der Waals surface area contributed by atoms with Gasteiger partial charge in [-0.1, -0.05) is 12.1 Å². The molecular formula is C16H13F4NOS. The van der Waals surface area contributed by atoms with E-state index >= 15 is 0 Å². The van der Waals surface area contributed by atoms with E-state index in [-0.39, 0.29) is 24.0 Å². The molecule has 1 N–H and O–H groups in total. The first-order chi connectivity index (χ1) is 10.8. The minimum atomic E-state index is -4.37. The van der Waals surface area contributed by atoms with Crippen molar-refractivity contribution in [2.24, 2.45) is 0 Å². The molecule has 122 valence electrons. The van der Waals surface area contributed by atoms with Gasteiger partial charge in [0, 0.05) is 11.4 Å². The van der Waals surface area contributed by atoms with Crippen LogP contribution in [0.25, 0.3) is 0 Å². The van der Waals surface area contributed by atoms with Crippen LogP contribution in [0.2, 0.25) is 0 Å². The Bertz CT molecular complexity index is 653. The molecule has 0 unspecified atom stereocenters. The zero-order valence-electron chi connectivity index (χ0n) is 11.9. The Hall–Kier alpha value is -2.02. The average molecular weight is 343 g/mol. The number of benzene rings is 2. The molecule has 2 aromatic rings. The fourth-order valence-electron chi connectivity index (χ4n) is 1.74. The molecule has 0 aliphatic rings. The highest BCUT2D eigenvalue weighted by Crippen LogP contribution is 2.29. The largest absolute Gasteiger partial charge is 0.416 e. The van der Waals surface area contributed by atoms with Crippen LogP contribution in [-0.2, 0) is 17.5 Å². The Labute approximate surface area is 134 Å². The van der Waals surface area contributed by atoms with Gasteiger partial charge in [0.05, 0.1) is 11.3 Å². The highest BCUT2D eigenvalue weighted by Gasteiger charge is 2.29. The molecule has 0 bridgehead atoms. The van der Waals surface area contributed by atoms with E-state index in [0.717, 1.165) is 17.0 Å². The highest BCUT2D eigenvalue weighted by atomic mass is 32.2. The number of halogens is 4. The molecule has 0 aliphatic heterocycles. The number of thioether (sulfide) groups is 1. The third-order valence-corrected chi connectivity index (χ3v) is 3.97. The lowest BCUT2D eigenvalue weighted by Gasteiger charge is -2.08. The van der Waals surface area contributed by atoms with Gasteiger partial charge in [0.2, 0.25) is 5.91 Å². The van der Waals surface area contributed by atoms with Crippen LogP contribution in [0.15, 0.2) is 53.4 Å². The van der Waals surface area contributed by atoms with Crippen molar-refractivity contribution in [3.8, 4) is 0 Å². The van der Waals surface area contributed by atoms with Crippen LogP contribution >= 0.6 is 11.8 Å². The lowest BCUT2D eigenvalue weighted by atomic mass is 10.1. The summed E-state index contributed by atoms with van der Waals surface area (Å²) in [6.45, 7) is 0.154. The molecule has 0 aliphatic carbocycles. The normalized spacial score (nSPS) is 11.3. The van der Waals surface area contributed by atoms with Crippen LogP contribution < -0.4 is 5.32 Å². The summed E-state index contributed by atoms with van der Waals surface area (Å²) >= 11 is 1.25. The van der Waals surface area contributed by atoms with Crippen molar-refractivity contribution >= 4 is 17.7 Å². The van der Waals surface area contributed by atoms with E-state index in [1.165, 1.54) is 36.0 Å². The summed E-state index contributed by atoms with van der Waals surface area (Å²) in [5.41, 5.74) is -0.141. The number of rotatable bonds is 5. The second-order valence-electron chi connectivity index (χ2n) is 4.71. The van der Waals surface area contributed by atoms with Gasteiger partial charge in [-0.15, -0.1) is 11.8 Å². The quantitative estimate of drug-likeness (QED) is 0.649. The number of carbonyl (C=O) groups is 1. The fourth-order valence-corrected chi connectivity index (χ4v) is 2.47. The van der Waals surface area contributed by atoms with E-state index in [1.807, 2.05) is 0 Å². The molecule has 23 heavy (non-hydrogen) atoms. The van der Waals surface area contributed by atoms with Crippen LogP contribution in [0.5, 0.6) is 0 Å². The summed E-state index contributed by atoms with van der Waals surface area (Å²) in [5, 5.41) is 2.62. The number of hydrogen-bond acceptors (Lipinski definition) is 2. The molecule has 2 nitrogen and oxygen atoms in total. The lowest BCUT2D eigenvalue weighted by molar-refractivity contribution is -0.137. The smallest absolute Gasteiger partial charge is 0.351 e. The monoisotopic (exact) mass is 343 g/mol. The van der Waals surface area contributed by atoms with Crippen LogP contribution in [-0.4, -0.2) is 11.7 Å². The number of alkyl halides is 3. The van der Waals surface area contributed by atoms with Gasteiger partial charge in [0.1, 0.15) is 5.82 Å². The van der Waals surface area contributed by atoms with Crippen molar-refractivity contribution in [2.45, 2.75) is 17.6 Å². The molecule has 0 fully saturated rings. The van der Waals surface area contributed by atoms with Crippen LogP contribution in [0.4, 0.5) is 17.6 Å². The number of carbonyl (C=O) groups excluding carboxylic acids is 1. The maximum absolute atomic E-state index is 12.7. The van der Waals surface area contributed by atoms with Gasteiger partial charge in [-0.25, -0.2) is 4.39 Å². The van der Waals surface area contributed by atoms with E-state index in [0.29, 0.717) is 5.56 Å². The standard InChI is InChI=1S/C16H13F4NOS/c17-13-5-7-14(8-6-13)23-10-15(22)21-9-11-1-3-12(4-2-11)16(18,19)20/h1-8H,9-10H2,(H,21,22). The first kappa shape index (κ1) is 17.3. The Morgan fingerprint density at radius 2 is 1.61 bits per heavy atom. The Kier molecular flexibility index (Phi) is 5.65. The molecule has 0 spiro atoms. The Balaban J connectivity index is 1.79. The zero-order valence-corrected chi connectivity index (χ0v) is 12.7. The molecule has 1 amide bonds. The van der Waals surface area contributed by atoms with Crippen molar-refractivity contribution in [3.63, 3.8) is 0 Å². The van der Waals surface area contributed by atoms with Crippen LogP contribution in [0, 0.1) is 5.82 Å². The van der Waals surface area contributed by atoms with E-state index in [9.17, 15) is 22.4 Å². The van der Waals surface area contributed by atoms with Gasteiger partial charge in [-0.2, -0.15) is 13.2 Å². The Morgan fingerprint density at radius 1 is 1.00 bits per heavy atom. The third-order valence-electron chi connectivity index (χ3n) is 2.95. The maximum atomic E-state index is 12.7. The van der Waals surface area contributed by atoms with E-state index < -0.39 is 11.7 Å². The van der Waals surface area contributed by atoms with Gasteiger partial charge in [0.25, 0.3) is 0 Å². The van der Waals surface area contributed by atoms with Crippen molar-refractivity contribution in [3.05, 3.63) is 65.5 Å². The summed E-state index contributed by atoms with van der Waals surface area (Å²) in [6, 6.07) is 10.4. The van der Waals surface area contributed by atoms with Crippen molar-refractivity contribution in [1.29, 1.82) is 0 Å². The highest BCUT2D eigenvalue weighted by molar-refractivity contribution is 8.00.